The van der Waals surface area contributed by atoms with Gasteiger partial charge in [-0.3, -0.25) is 48.1 Å². The lowest BCUT2D eigenvalue weighted by molar-refractivity contribution is -0.135. The van der Waals surface area contributed by atoms with E-state index in [1.165, 1.54) is 89.8 Å². The van der Waals surface area contributed by atoms with Crippen LogP contribution < -0.4 is 48.3 Å². The average molecular weight is 1150 g/mol. The van der Waals surface area contributed by atoms with Crippen molar-refractivity contribution < 1.29 is 57.7 Å². The summed E-state index contributed by atoms with van der Waals surface area (Å²) in [4.78, 5) is 128. The number of primary amides is 1. The third-order valence-corrected chi connectivity index (χ3v) is 13.1. The van der Waals surface area contributed by atoms with Crippen LogP contribution >= 0.6 is 0 Å². The number of carbonyl (C=O) groups is 9. The summed E-state index contributed by atoms with van der Waals surface area (Å²) in [5.74, 6) is -5.52. The van der Waals surface area contributed by atoms with Crippen LogP contribution in [-0.4, -0.2) is 177 Å². The molecule has 0 fully saturated rings. The number of tetrazole rings is 1. The van der Waals surface area contributed by atoms with E-state index in [4.69, 9.17) is 15.2 Å². The van der Waals surface area contributed by atoms with Gasteiger partial charge in [0.2, 0.25) is 53.2 Å². The van der Waals surface area contributed by atoms with Crippen LogP contribution in [-0.2, 0) is 71.9 Å². The summed E-state index contributed by atoms with van der Waals surface area (Å²) in [6.45, 7) is 0.728. The number of nitrogens with zero attached hydrogens (tertiary/aromatic N) is 5. The molecule has 3 aromatic rings. The van der Waals surface area contributed by atoms with Gasteiger partial charge in [-0.25, -0.2) is 10.1 Å². The van der Waals surface area contributed by atoms with Gasteiger partial charge in [-0.15, -0.1) is 5.10 Å². The van der Waals surface area contributed by atoms with E-state index >= 15 is 0 Å². The number of aromatic nitrogens is 7. The zero-order valence-corrected chi connectivity index (χ0v) is 47.6. The molecule has 0 bridgehead atoms. The van der Waals surface area contributed by atoms with Crippen molar-refractivity contribution in [3.05, 3.63) is 54.1 Å². The number of pyridine rings is 1. The second-order valence-electron chi connectivity index (χ2n) is 19.9. The van der Waals surface area contributed by atoms with Gasteiger partial charge < -0.3 is 67.8 Å². The number of carbonyl (C=O) groups excluding carboxylic acids is 9. The van der Waals surface area contributed by atoms with E-state index in [9.17, 15) is 48.3 Å². The quantitative estimate of drug-likeness (QED) is 0.0323. The first kappa shape index (κ1) is 68.8. The smallest absolute Gasteiger partial charge is 0.246 e. The molecule has 3 rings (SSSR count). The van der Waals surface area contributed by atoms with Crippen LogP contribution in [0.25, 0.3) is 0 Å². The molecular weight excluding hydrogens is 1060 g/mol. The fourth-order valence-electron chi connectivity index (χ4n) is 8.49. The number of H-pyrrole nitrogens is 2. The maximum absolute atomic E-state index is 14.2. The van der Waals surface area contributed by atoms with Crippen LogP contribution in [0, 0.1) is 0 Å². The lowest BCUT2D eigenvalue weighted by Gasteiger charge is -2.27. The Labute approximate surface area is 479 Å². The van der Waals surface area contributed by atoms with E-state index in [0.717, 1.165) is 44.3 Å². The number of aliphatic hydroxyl groups is 1. The number of hydrogen-bond acceptors (Lipinski definition) is 17. The van der Waals surface area contributed by atoms with Gasteiger partial charge in [-0.2, -0.15) is 0 Å². The van der Waals surface area contributed by atoms with Crippen molar-refractivity contribution in [3.8, 4) is 0 Å². The van der Waals surface area contributed by atoms with Crippen LogP contribution in [0.4, 0.5) is 0 Å². The summed E-state index contributed by atoms with van der Waals surface area (Å²) in [5.41, 5.74) is 6.34. The van der Waals surface area contributed by atoms with Crippen molar-refractivity contribution in [1.82, 2.24) is 78.1 Å². The van der Waals surface area contributed by atoms with Crippen molar-refractivity contribution in [3.63, 3.8) is 0 Å². The standard InChI is InChI=1S/C54H88N16O12/c1-3-4-18-40(50(76)56-2)63-52(78)42(31-38-23-25-57-26-24-38)65-53(79)43(32-39-33-58-37-61-39)66-51(77)41(21-22-45(55)72)64-54(80)44(35-71)62-48(74)34-60-49(75)36-82-30-29-81-28-27-59-47(73)20-17-15-13-11-9-7-5-6-8-10-12-14-16-19-46-67-69-70-68-46/h23-26,33,37,40-44,71H,3-22,27-32,34-36H2,1-2H3,(H2,55,72)(H,56,76)(H,58,61)(H,59,73)(H,60,75)(H,62,74)(H,63,78)(H,64,80)(H,65,79)(H,66,77)(H,67,68,69,70)/t40-,41-,42-,43-,44-/m0/s1. The third-order valence-electron chi connectivity index (χ3n) is 13.1. The Hall–Kier alpha value is -7.46. The Morgan fingerprint density at radius 1 is 0.622 bits per heavy atom. The number of unbranched alkanes of at least 4 members (excludes halogenated alkanes) is 13. The maximum atomic E-state index is 14.2. The molecule has 0 aromatic carbocycles. The molecule has 28 nitrogen and oxygen atoms in total. The van der Waals surface area contributed by atoms with E-state index in [1.54, 1.807) is 12.1 Å². The lowest BCUT2D eigenvalue weighted by Crippen LogP contribution is -2.60. The van der Waals surface area contributed by atoms with Gasteiger partial charge >= 0.3 is 0 Å². The van der Waals surface area contributed by atoms with E-state index in [1.807, 2.05) is 6.92 Å². The second-order valence-corrected chi connectivity index (χ2v) is 19.9. The molecule has 0 unspecified atom stereocenters. The predicted molar refractivity (Wildman–Crippen MR) is 299 cm³/mol. The number of ether oxygens (including phenoxy) is 2. The number of hydrogen-bond donors (Lipinski definition) is 12. The molecule has 0 saturated heterocycles. The van der Waals surface area contributed by atoms with E-state index < -0.39 is 104 Å². The van der Waals surface area contributed by atoms with E-state index in [0.29, 0.717) is 37.1 Å². The number of nitrogens with two attached hydrogens (primary N) is 1. The molecule has 13 N–H and O–H groups in total. The number of aliphatic hydroxyl groups excluding tert-OH is 1. The molecule has 3 heterocycles. The van der Waals surface area contributed by atoms with Gasteiger partial charge in [0, 0.05) is 64.3 Å². The highest BCUT2D eigenvalue weighted by atomic mass is 16.5. The highest BCUT2D eigenvalue weighted by molar-refractivity contribution is 5.97. The van der Waals surface area contributed by atoms with E-state index in [2.05, 4.69) is 78.1 Å². The highest BCUT2D eigenvalue weighted by Gasteiger charge is 2.33. The van der Waals surface area contributed by atoms with Gasteiger partial charge in [0.15, 0.2) is 0 Å². The molecule has 0 radical (unpaired) electrons. The predicted octanol–water partition coefficient (Wildman–Crippen LogP) is -0.309. The van der Waals surface area contributed by atoms with Gasteiger partial charge in [-0.05, 0) is 53.8 Å². The summed E-state index contributed by atoms with van der Waals surface area (Å²) in [6.07, 6.45) is 23.2. The largest absolute Gasteiger partial charge is 0.394 e. The van der Waals surface area contributed by atoms with Crippen molar-refractivity contribution in [2.45, 2.75) is 178 Å². The number of aromatic amines is 2. The van der Waals surface area contributed by atoms with Crippen LogP contribution in [0.5, 0.6) is 0 Å². The van der Waals surface area contributed by atoms with Crippen LogP contribution in [0.2, 0.25) is 0 Å². The minimum absolute atomic E-state index is 0.0313. The summed E-state index contributed by atoms with van der Waals surface area (Å²) in [6, 6.07) is -3.49. The number of rotatable bonds is 47. The first-order valence-electron chi connectivity index (χ1n) is 28.6. The molecule has 82 heavy (non-hydrogen) atoms. The second kappa shape index (κ2) is 42.4. The number of imidazole rings is 1. The molecule has 0 saturated carbocycles. The third kappa shape index (κ3) is 30.9. The number of likely N-dealkylation sites (N-methyl/N-ethyl adjacent to an activating group) is 1. The van der Waals surface area contributed by atoms with Crippen LogP contribution in [0.1, 0.15) is 146 Å². The van der Waals surface area contributed by atoms with Gasteiger partial charge in [-0.1, -0.05) is 90.4 Å². The Morgan fingerprint density at radius 3 is 1.79 bits per heavy atom. The number of nitrogens with one attached hydrogen (secondary N) is 10. The van der Waals surface area contributed by atoms with Gasteiger partial charge in [0.05, 0.1) is 45.0 Å². The van der Waals surface area contributed by atoms with Crippen LogP contribution in [0.3, 0.4) is 0 Å². The molecule has 9 amide bonds. The van der Waals surface area contributed by atoms with Crippen molar-refractivity contribution in [1.29, 1.82) is 0 Å². The minimum Gasteiger partial charge on any atom is -0.394 e. The molecule has 5 atom stereocenters. The van der Waals surface area contributed by atoms with Crippen molar-refractivity contribution in [2.75, 3.05) is 53.2 Å². The fourth-order valence-corrected chi connectivity index (χ4v) is 8.49. The number of amides is 9. The van der Waals surface area contributed by atoms with Crippen molar-refractivity contribution in [2.24, 2.45) is 5.73 Å². The number of aryl methyl sites for hydroxylation is 1. The van der Waals surface area contributed by atoms with Gasteiger partial charge in [0.25, 0.3) is 0 Å². The monoisotopic (exact) mass is 1150 g/mol. The summed E-state index contributed by atoms with van der Waals surface area (Å²) in [5, 5.41) is 44.3. The van der Waals surface area contributed by atoms with Crippen molar-refractivity contribution >= 4 is 53.2 Å². The normalized spacial score (nSPS) is 12.9. The Balaban J connectivity index is 1.36. The lowest BCUT2D eigenvalue weighted by atomic mass is 10.0. The van der Waals surface area contributed by atoms with Crippen LogP contribution in [0.15, 0.2) is 37.1 Å². The molecule has 28 heteroatoms. The molecule has 456 valence electrons. The van der Waals surface area contributed by atoms with E-state index in [-0.39, 0.29) is 45.0 Å². The zero-order valence-electron chi connectivity index (χ0n) is 47.6. The molecule has 0 aliphatic heterocycles. The fraction of sp³-hybridized carbons (Fsp3) is 0.667. The topological polar surface area (TPSA) is 411 Å². The average Bonchev–Trinajstić information content (AvgIpc) is 4.30. The molecular formula is C54H88N16O12. The summed E-state index contributed by atoms with van der Waals surface area (Å²) < 4.78 is 10.8. The molecule has 3 aromatic heterocycles. The Morgan fingerprint density at radius 2 is 1.21 bits per heavy atom. The first-order valence-corrected chi connectivity index (χ1v) is 28.6. The maximum Gasteiger partial charge on any atom is 0.246 e. The summed E-state index contributed by atoms with van der Waals surface area (Å²) >= 11 is 0. The molecule has 0 aliphatic carbocycles. The Kier molecular flexibility index (Phi) is 35.6. The zero-order chi connectivity index (χ0) is 59.6. The molecule has 0 spiro atoms. The summed E-state index contributed by atoms with van der Waals surface area (Å²) in [7, 11) is 1.44. The minimum atomic E-state index is -1.64. The SMILES string of the molecule is CCCC[C@H](NC(=O)[C@H](Cc1ccncc1)NC(=O)[C@H](Cc1c[nH]cn1)NC(=O)[C@H](CCC(N)=O)NC(=O)[C@H](CO)NC(=O)CNC(=O)COCCOCCNC(=O)CCCCCCCCCCCCCCCc1nnn[nH]1)C(=O)NC. The van der Waals surface area contributed by atoms with Gasteiger partial charge in [0.1, 0.15) is 42.6 Å². The first-order chi connectivity index (χ1) is 39.7. The molecule has 0 aliphatic rings. The highest BCUT2D eigenvalue weighted by Crippen LogP contribution is 2.14. The Bertz CT molecular complexity index is 2310.